The Balaban J connectivity index is 1.50. The number of H-pyrrole nitrogens is 1. The fraction of sp³-hybridized carbons (Fsp3) is 0.267. The lowest BCUT2D eigenvalue weighted by Gasteiger charge is -2.27. The zero-order valence-corrected chi connectivity index (χ0v) is 22.4. The van der Waals surface area contributed by atoms with Gasteiger partial charge >= 0.3 is 0 Å². The van der Waals surface area contributed by atoms with Gasteiger partial charge in [-0.3, -0.25) is 9.89 Å². The highest BCUT2D eigenvalue weighted by Crippen LogP contribution is 2.43. The molecule has 38 heavy (non-hydrogen) atoms. The van der Waals surface area contributed by atoms with Crippen LogP contribution < -0.4 is 14.2 Å². The minimum Gasteiger partial charge on any atom is -0.494 e. The number of nitrogens with one attached hydrogen (secondary N) is 1. The van der Waals surface area contributed by atoms with Crippen molar-refractivity contribution in [3.63, 3.8) is 0 Å². The molecule has 2 heterocycles. The number of carbonyl (C=O) groups is 1. The molecule has 7 nitrogen and oxygen atoms in total. The maximum absolute atomic E-state index is 13.7. The molecule has 196 valence electrons. The lowest BCUT2D eigenvalue weighted by molar-refractivity contribution is 0.0746. The van der Waals surface area contributed by atoms with Crippen LogP contribution >= 0.6 is 11.6 Å². The summed E-state index contributed by atoms with van der Waals surface area (Å²) in [6.07, 6.45) is 1.58. The molecule has 0 spiro atoms. The van der Waals surface area contributed by atoms with Crippen LogP contribution in [0, 0.1) is 0 Å². The molecule has 0 fully saturated rings. The van der Waals surface area contributed by atoms with E-state index in [4.69, 9.17) is 25.8 Å². The topological polar surface area (TPSA) is 76.7 Å². The summed E-state index contributed by atoms with van der Waals surface area (Å²) in [7, 11) is 3.23. The number of methoxy groups -OCH3 is 2. The minimum absolute atomic E-state index is 0.0792. The third-order valence-electron chi connectivity index (χ3n) is 6.74. The summed E-state index contributed by atoms with van der Waals surface area (Å²) in [6, 6.07) is 21.0. The molecule has 1 atom stereocenters. The molecule has 0 saturated carbocycles. The van der Waals surface area contributed by atoms with Crippen molar-refractivity contribution in [3.05, 3.63) is 94.1 Å². The molecular weight excluding hydrogens is 502 g/mol. The van der Waals surface area contributed by atoms with Gasteiger partial charge in [-0.1, -0.05) is 48.9 Å². The Morgan fingerprint density at radius 2 is 1.71 bits per heavy atom. The number of fused-ring (bicyclic) bond motifs is 1. The second-order valence-electron chi connectivity index (χ2n) is 9.13. The van der Waals surface area contributed by atoms with E-state index in [0.29, 0.717) is 41.8 Å². The first-order chi connectivity index (χ1) is 18.5. The normalized spacial score (nSPS) is 14.5. The standard InChI is InChI=1S/C30H30ClN3O4/c1-4-17-38-23-12-8-21(9-13-23)29-26-27(20-6-10-22(31)11-7-20)32-33-28(26)30(35)34(29)16-15-19-5-14-24(36-2)25(18-19)37-3/h5-14,18,29H,4,15-17H2,1-3H3,(H,32,33). The van der Waals surface area contributed by atoms with Gasteiger partial charge < -0.3 is 19.1 Å². The van der Waals surface area contributed by atoms with E-state index in [1.165, 1.54) is 0 Å². The first kappa shape index (κ1) is 25.7. The van der Waals surface area contributed by atoms with E-state index in [-0.39, 0.29) is 11.9 Å². The van der Waals surface area contributed by atoms with Crippen LogP contribution in [0.5, 0.6) is 17.2 Å². The van der Waals surface area contributed by atoms with Gasteiger partial charge in [-0.15, -0.1) is 0 Å². The van der Waals surface area contributed by atoms with Gasteiger partial charge in [0.1, 0.15) is 11.4 Å². The highest BCUT2D eigenvalue weighted by molar-refractivity contribution is 6.30. The Bertz CT molecular complexity index is 1420. The highest BCUT2D eigenvalue weighted by Gasteiger charge is 2.42. The molecule has 1 aliphatic rings. The quantitative estimate of drug-likeness (QED) is 0.259. The van der Waals surface area contributed by atoms with Crippen LogP contribution in [0.25, 0.3) is 11.3 Å². The molecule has 0 bridgehead atoms. The Labute approximate surface area is 227 Å². The van der Waals surface area contributed by atoms with Gasteiger partial charge in [-0.2, -0.15) is 5.10 Å². The van der Waals surface area contributed by atoms with E-state index >= 15 is 0 Å². The Morgan fingerprint density at radius 1 is 0.974 bits per heavy atom. The average Bonchev–Trinajstić information content (AvgIpc) is 3.50. The van der Waals surface area contributed by atoms with Crippen molar-refractivity contribution in [1.82, 2.24) is 15.1 Å². The minimum atomic E-state index is -0.303. The van der Waals surface area contributed by atoms with Crippen molar-refractivity contribution in [2.45, 2.75) is 25.8 Å². The van der Waals surface area contributed by atoms with Gasteiger partial charge in [0, 0.05) is 22.7 Å². The van der Waals surface area contributed by atoms with Crippen LogP contribution in [0.3, 0.4) is 0 Å². The van der Waals surface area contributed by atoms with E-state index in [0.717, 1.165) is 40.1 Å². The smallest absolute Gasteiger partial charge is 0.273 e. The molecule has 1 amide bonds. The van der Waals surface area contributed by atoms with Crippen LogP contribution in [0.1, 0.15) is 46.6 Å². The Morgan fingerprint density at radius 3 is 2.39 bits per heavy atom. The predicted octanol–water partition coefficient (Wildman–Crippen LogP) is 6.32. The zero-order valence-electron chi connectivity index (χ0n) is 21.7. The Kier molecular flexibility index (Phi) is 7.56. The molecule has 1 aromatic heterocycles. The number of nitrogens with zero attached hydrogens (tertiary/aromatic N) is 2. The fourth-order valence-electron chi connectivity index (χ4n) is 4.85. The molecule has 5 rings (SSSR count). The van der Waals surface area contributed by atoms with Crippen molar-refractivity contribution in [3.8, 4) is 28.5 Å². The number of aromatic nitrogens is 2. The molecule has 1 N–H and O–H groups in total. The summed E-state index contributed by atoms with van der Waals surface area (Å²) < 4.78 is 16.6. The summed E-state index contributed by atoms with van der Waals surface area (Å²) in [5.41, 5.74) is 5.06. The van der Waals surface area contributed by atoms with E-state index in [2.05, 4.69) is 17.1 Å². The van der Waals surface area contributed by atoms with Gasteiger partial charge in [-0.25, -0.2) is 0 Å². The first-order valence-electron chi connectivity index (χ1n) is 12.6. The average molecular weight is 532 g/mol. The first-order valence-corrected chi connectivity index (χ1v) is 13.0. The number of rotatable bonds is 10. The number of hydrogen-bond donors (Lipinski definition) is 1. The van der Waals surface area contributed by atoms with Crippen molar-refractivity contribution in [2.75, 3.05) is 27.4 Å². The monoisotopic (exact) mass is 531 g/mol. The highest BCUT2D eigenvalue weighted by atomic mass is 35.5. The zero-order chi connectivity index (χ0) is 26.6. The van der Waals surface area contributed by atoms with Gasteiger partial charge in [0.05, 0.1) is 32.6 Å². The van der Waals surface area contributed by atoms with E-state index in [1.54, 1.807) is 14.2 Å². The molecule has 0 aliphatic carbocycles. The van der Waals surface area contributed by atoms with Gasteiger partial charge in [0.15, 0.2) is 11.5 Å². The summed E-state index contributed by atoms with van der Waals surface area (Å²) in [6.45, 7) is 3.24. The maximum atomic E-state index is 13.7. The lowest BCUT2D eigenvalue weighted by Crippen LogP contribution is -2.31. The van der Waals surface area contributed by atoms with Crippen LogP contribution in [0.15, 0.2) is 66.7 Å². The van der Waals surface area contributed by atoms with E-state index in [1.807, 2.05) is 71.6 Å². The second-order valence-corrected chi connectivity index (χ2v) is 9.56. The molecule has 1 unspecified atom stereocenters. The number of ether oxygens (including phenoxy) is 3. The van der Waals surface area contributed by atoms with Gasteiger partial charge in [0.2, 0.25) is 0 Å². The summed E-state index contributed by atoms with van der Waals surface area (Å²) in [5, 5.41) is 8.21. The van der Waals surface area contributed by atoms with E-state index in [9.17, 15) is 4.79 Å². The number of amides is 1. The van der Waals surface area contributed by atoms with Gasteiger partial charge in [-0.05, 0) is 60.4 Å². The van der Waals surface area contributed by atoms with Crippen LogP contribution in [0.2, 0.25) is 5.02 Å². The molecule has 1 aliphatic heterocycles. The second kappa shape index (κ2) is 11.2. The van der Waals surface area contributed by atoms with Crippen molar-refractivity contribution >= 4 is 17.5 Å². The molecule has 0 radical (unpaired) electrons. The number of hydrogen-bond acceptors (Lipinski definition) is 5. The fourth-order valence-corrected chi connectivity index (χ4v) is 4.98. The SMILES string of the molecule is CCCOc1ccc(C2c3c(-c4ccc(Cl)cc4)n[nH]c3C(=O)N2CCc2ccc(OC)c(OC)c2)cc1. The maximum Gasteiger partial charge on any atom is 0.273 e. The largest absolute Gasteiger partial charge is 0.494 e. The number of aromatic amines is 1. The van der Waals surface area contributed by atoms with Crippen LogP contribution in [-0.4, -0.2) is 48.4 Å². The summed E-state index contributed by atoms with van der Waals surface area (Å²) in [4.78, 5) is 15.6. The molecule has 8 heteroatoms. The summed E-state index contributed by atoms with van der Waals surface area (Å²) >= 11 is 6.13. The predicted molar refractivity (Wildman–Crippen MR) is 147 cm³/mol. The molecule has 4 aromatic rings. The van der Waals surface area contributed by atoms with E-state index < -0.39 is 0 Å². The van der Waals surface area contributed by atoms with Crippen molar-refractivity contribution < 1.29 is 19.0 Å². The molecule has 3 aromatic carbocycles. The third-order valence-corrected chi connectivity index (χ3v) is 6.99. The number of carbonyl (C=O) groups excluding carboxylic acids is 1. The number of benzene rings is 3. The lowest BCUT2D eigenvalue weighted by atomic mass is 9.96. The van der Waals surface area contributed by atoms with Crippen LogP contribution in [0.4, 0.5) is 0 Å². The van der Waals surface area contributed by atoms with Crippen molar-refractivity contribution in [2.24, 2.45) is 0 Å². The van der Waals surface area contributed by atoms with Gasteiger partial charge in [0.25, 0.3) is 5.91 Å². The Hall–Kier alpha value is -3.97. The summed E-state index contributed by atoms with van der Waals surface area (Å²) in [5.74, 6) is 2.06. The van der Waals surface area contributed by atoms with Crippen LogP contribution in [-0.2, 0) is 6.42 Å². The number of halogens is 1. The molecular formula is C30H30ClN3O4. The van der Waals surface area contributed by atoms with Crippen molar-refractivity contribution in [1.29, 1.82) is 0 Å². The molecule has 0 saturated heterocycles. The third kappa shape index (κ3) is 4.94.